The molecule has 138 valence electrons. The lowest BCUT2D eigenvalue weighted by molar-refractivity contribution is 0.0995. The molecule has 4 rings (SSSR count). The van der Waals surface area contributed by atoms with Crippen LogP contribution in [0.1, 0.15) is 23.2 Å². The third-order valence-corrected chi connectivity index (χ3v) is 5.27. The summed E-state index contributed by atoms with van der Waals surface area (Å²) in [5.74, 6) is -0.412. The fourth-order valence-corrected chi connectivity index (χ4v) is 3.76. The van der Waals surface area contributed by atoms with Gasteiger partial charge in [-0.1, -0.05) is 34.1 Å². The number of fused-ring (bicyclic) bond motifs is 1. The number of rotatable bonds is 4. The number of aromatic nitrogens is 1. The number of likely N-dealkylation sites (tertiary alicyclic amines) is 1. The Morgan fingerprint density at radius 1 is 1.11 bits per heavy atom. The molecule has 2 heterocycles. The SMILES string of the molecule is O=C(N=Nc1c(O)n(CN2CCCC2)c2ccc(Br)cc12)c1ccccc1. The lowest BCUT2D eigenvalue weighted by atomic mass is 10.2. The molecule has 1 aliphatic heterocycles. The van der Waals surface area contributed by atoms with Gasteiger partial charge in [-0.25, -0.2) is 0 Å². The van der Waals surface area contributed by atoms with Crippen LogP contribution in [0, 0.1) is 0 Å². The lowest BCUT2D eigenvalue weighted by Crippen LogP contribution is -2.22. The number of hydrogen-bond donors (Lipinski definition) is 1. The highest BCUT2D eigenvalue weighted by Gasteiger charge is 2.20. The standard InChI is InChI=1S/C20H19BrN4O2/c21-15-8-9-17-16(12-15)18(20(27)25(17)13-24-10-4-5-11-24)22-23-19(26)14-6-2-1-3-7-14/h1-3,6-9,12,27H,4-5,10-11,13H2. The van der Waals surface area contributed by atoms with Gasteiger partial charge >= 0.3 is 0 Å². The molecule has 0 aliphatic carbocycles. The Labute approximate surface area is 165 Å². The second-order valence-corrected chi connectivity index (χ2v) is 7.52. The summed E-state index contributed by atoms with van der Waals surface area (Å²) >= 11 is 3.46. The normalized spacial score (nSPS) is 15.1. The van der Waals surface area contributed by atoms with E-state index >= 15 is 0 Å². The number of carbonyl (C=O) groups excluding carboxylic acids is 1. The quantitative estimate of drug-likeness (QED) is 0.590. The zero-order valence-electron chi connectivity index (χ0n) is 14.7. The number of nitrogens with zero attached hydrogens (tertiary/aromatic N) is 4. The maximum Gasteiger partial charge on any atom is 0.295 e. The van der Waals surface area contributed by atoms with Gasteiger partial charge < -0.3 is 5.11 Å². The number of halogens is 1. The Balaban J connectivity index is 1.73. The van der Waals surface area contributed by atoms with Gasteiger partial charge in [0.05, 0.1) is 12.2 Å². The van der Waals surface area contributed by atoms with Crippen molar-refractivity contribution in [3.8, 4) is 5.88 Å². The fraction of sp³-hybridized carbons (Fsp3) is 0.250. The van der Waals surface area contributed by atoms with E-state index < -0.39 is 5.91 Å². The predicted octanol–water partition coefficient (Wildman–Crippen LogP) is 5.09. The molecule has 1 saturated heterocycles. The summed E-state index contributed by atoms with van der Waals surface area (Å²) in [5.41, 5.74) is 1.64. The van der Waals surface area contributed by atoms with Crippen molar-refractivity contribution < 1.29 is 9.90 Å². The van der Waals surface area contributed by atoms with Crippen LogP contribution in [0.3, 0.4) is 0 Å². The van der Waals surface area contributed by atoms with Crippen molar-refractivity contribution >= 4 is 38.4 Å². The molecule has 0 saturated carbocycles. The van der Waals surface area contributed by atoms with E-state index in [1.807, 2.05) is 28.8 Å². The average Bonchev–Trinajstić information content (AvgIpc) is 3.28. The highest BCUT2D eigenvalue weighted by atomic mass is 79.9. The maximum atomic E-state index is 12.3. The topological polar surface area (TPSA) is 70.2 Å². The summed E-state index contributed by atoms with van der Waals surface area (Å²) in [5, 5.41) is 19.5. The maximum absolute atomic E-state index is 12.3. The van der Waals surface area contributed by atoms with E-state index in [0.717, 1.165) is 28.5 Å². The highest BCUT2D eigenvalue weighted by Crippen LogP contribution is 2.40. The van der Waals surface area contributed by atoms with Gasteiger partial charge in [-0.3, -0.25) is 14.3 Å². The predicted molar refractivity (Wildman–Crippen MR) is 107 cm³/mol. The van der Waals surface area contributed by atoms with E-state index in [9.17, 15) is 9.90 Å². The van der Waals surface area contributed by atoms with E-state index in [1.54, 1.807) is 24.3 Å². The van der Waals surface area contributed by atoms with Crippen molar-refractivity contribution in [3.05, 3.63) is 58.6 Å². The molecule has 1 fully saturated rings. The number of amides is 1. The second-order valence-electron chi connectivity index (χ2n) is 6.60. The Morgan fingerprint density at radius 3 is 2.59 bits per heavy atom. The van der Waals surface area contributed by atoms with Crippen LogP contribution in [0.4, 0.5) is 5.69 Å². The summed E-state index contributed by atoms with van der Waals surface area (Å²) in [6.07, 6.45) is 2.34. The van der Waals surface area contributed by atoms with Gasteiger partial charge in [0.15, 0.2) is 5.69 Å². The first-order valence-corrected chi connectivity index (χ1v) is 9.67. The molecule has 0 unspecified atom stereocenters. The summed E-state index contributed by atoms with van der Waals surface area (Å²) in [6, 6.07) is 14.5. The Bertz CT molecular complexity index is 1010. The van der Waals surface area contributed by atoms with Crippen molar-refractivity contribution in [2.24, 2.45) is 10.2 Å². The Kier molecular flexibility index (Phi) is 5.05. The summed E-state index contributed by atoms with van der Waals surface area (Å²) in [4.78, 5) is 14.5. The third kappa shape index (κ3) is 3.65. The van der Waals surface area contributed by atoms with E-state index in [-0.39, 0.29) is 5.88 Å². The third-order valence-electron chi connectivity index (χ3n) is 4.77. The Hall–Kier alpha value is -2.51. The number of azo groups is 1. The van der Waals surface area contributed by atoms with Crippen LogP contribution in [0.25, 0.3) is 10.9 Å². The van der Waals surface area contributed by atoms with Crippen LogP contribution >= 0.6 is 15.9 Å². The van der Waals surface area contributed by atoms with Crippen molar-refractivity contribution in [1.29, 1.82) is 0 Å². The summed E-state index contributed by atoms with van der Waals surface area (Å²) in [7, 11) is 0. The lowest BCUT2D eigenvalue weighted by Gasteiger charge is -2.17. The largest absolute Gasteiger partial charge is 0.493 e. The van der Waals surface area contributed by atoms with Gasteiger partial charge in [0.1, 0.15) is 0 Å². The molecule has 2 aromatic carbocycles. The first kappa shape index (κ1) is 17.9. The molecule has 0 spiro atoms. The molecule has 27 heavy (non-hydrogen) atoms. The second kappa shape index (κ2) is 7.62. The number of carbonyl (C=O) groups is 1. The Morgan fingerprint density at radius 2 is 1.85 bits per heavy atom. The van der Waals surface area contributed by atoms with Crippen LogP contribution in [-0.4, -0.2) is 33.6 Å². The molecule has 1 amide bonds. The van der Waals surface area contributed by atoms with E-state index in [4.69, 9.17) is 0 Å². The molecule has 6 nitrogen and oxygen atoms in total. The highest BCUT2D eigenvalue weighted by molar-refractivity contribution is 9.10. The number of benzene rings is 2. The molecule has 0 radical (unpaired) electrons. The van der Waals surface area contributed by atoms with Crippen molar-refractivity contribution in [2.45, 2.75) is 19.5 Å². The zero-order valence-corrected chi connectivity index (χ0v) is 16.3. The molecule has 7 heteroatoms. The monoisotopic (exact) mass is 426 g/mol. The minimum atomic E-state index is -0.439. The van der Waals surface area contributed by atoms with Crippen LogP contribution in [-0.2, 0) is 6.67 Å². The minimum absolute atomic E-state index is 0.0274. The summed E-state index contributed by atoms with van der Waals surface area (Å²) in [6.45, 7) is 2.62. The first-order valence-electron chi connectivity index (χ1n) is 8.87. The van der Waals surface area contributed by atoms with Gasteiger partial charge in [-0.05, 0) is 56.3 Å². The zero-order chi connectivity index (χ0) is 18.8. The molecule has 1 N–H and O–H groups in total. The van der Waals surface area contributed by atoms with Gasteiger partial charge in [-0.15, -0.1) is 10.2 Å². The van der Waals surface area contributed by atoms with Crippen LogP contribution in [0.2, 0.25) is 0 Å². The fourth-order valence-electron chi connectivity index (χ4n) is 3.40. The molecule has 1 aliphatic rings. The molecular formula is C20H19BrN4O2. The molecule has 1 aromatic heterocycles. The molecular weight excluding hydrogens is 408 g/mol. The summed E-state index contributed by atoms with van der Waals surface area (Å²) < 4.78 is 2.70. The molecule has 0 atom stereocenters. The van der Waals surface area contributed by atoms with E-state index in [0.29, 0.717) is 17.9 Å². The van der Waals surface area contributed by atoms with Crippen molar-refractivity contribution in [2.75, 3.05) is 13.1 Å². The van der Waals surface area contributed by atoms with Gasteiger partial charge in [0, 0.05) is 15.4 Å². The van der Waals surface area contributed by atoms with Crippen molar-refractivity contribution in [3.63, 3.8) is 0 Å². The molecule has 3 aromatic rings. The van der Waals surface area contributed by atoms with Crippen molar-refractivity contribution in [1.82, 2.24) is 9.47 Å². The van der Waals surface area contributed by atoms with Gasteiger partial charge in [-0.2, -0.15) is 0 Å². The number of hydrogen-bond acceptors (Lipinski definition) is 4. The van der Waals surface area contributed by atoms with Crippen LogP contribution in [0.5, 0.6) is 5.88 Å². The molecule has 0 bridgehead atoms. The minimum Gasteiger partial charge on any atom is -0.493 e. The van der Waals surface area contributed by atoms with E-state index in [1.165, 1.54) is 12.8 Å². The first-order chi connectivity index (χ1) is 13.1. The smallest absolute Gasteiger partial charge is 0.295 e. The average molecular weight is 427 g/mol. The van der Waals surface area contributed by atoms with Gasteiger partial charge in [0.2, 0.25) is 5.88 Å². The number of aromatic hydroxyl groups is 1. The van der Waals surface area contributed by atoms with Crippen LogP contribution in [0.15, 0.2) is 63.2 Å². The van der Waals surface area contributed by atoms with Crippen LogP contribution < -0.4 is 0 Å². The van der Waals surface area contributed by atoms with Gasteiger partial charge in [0.25, 0.3) is 5.91 Å². The van der Waals surface area contributed by atoms with E-state index in [2.05, 4.69) is 31.1 Å².